The van der Waals surface area contributed by atoms with Gasteiger partial charge >= 0.3 is 0 Å². The number of thiophene rings is 1. The summed E-state index contributed by atoms with van der Waals surface area (Å²) in [6.07, 6.45) is 4.67. The molecular weight excluding hydrogens is 840 g/mol. The molecule has 6 aromatic carbocycles. The lowest BCUT2D eigenvalue weighted by atomic mass is 9.36. The zero-order valence-corrected chi connectivity index (χ0v) is 44.3. The predicted molar refractivity (Wildman–Crippen MR) is 299 cm³/mol. The Kier molecular flexibility index (Phi) is 9.08. The number of fused-ring (bicyclic) bond motifs is 8. The number of aryl methyl sites for hydroxylation is 2. The second-order valence-electron chi connectivity index (χ2n) is 25.9. The van der Waals surface area contributed by atoms with Crippen LogP contribution in [0, 0.1) is 13.8 Å². The van der Waals surface area contributed by atoms with Gasteiger partial charge in [0.1, 0.15) is 0 Å². The van der Waals surface area contributed by atoms with E-state index in [9.17, 15) is 0 Å². The lowest BCUT2D eigenvalue weighted by Gasteiger charge is -2.45. The van der Waals surface area contributed by atoms with Gasteiger partial charge in [-0.15, -0.1) is 11.3 Å². The molecule has 68 heavy (non-hydrogen) atoms. The van der Waals surface area contributed by atoms with E-state index in [4.69, 9.17) is 4.11 Å². The summed E-state index contributed by atoms with van der Waals surface area (Å²) in [6, 6.07) is 39.5. The fourth-order valence-corrected chi connectivity index (χ4v) is 13.8. The van der Waals surface area contributed by atoms with Gasteiger partial charge in [-0.1, -0.05) is 151 Å². The van der Waals surface area contributed by atoms with Crippen LogP contribution in [0.4, 0.5) is 34.1 Å². The van der Waals surface area contributed by atoms with E-state index >= 15 is 0 Å². The highest BCUT2D eigenvalue weighted by atomic mass is 32.1. The van der Waals surface area contributed by atoms with Crippen molar-refractivity contribution in [2.45, 2.75) is 169 Å². The monoisotopic (exact) mass is 916 g/mol. The first-order chi connectivity index (χ1) is 33.0. The van der Waals surface area contributed by atoms with Crippen molar-refractivity contribution in [1.29, 1.82) is 0 Å². The van der Waals surface area contributed by atoms with Crippen LogP contribution in [0.3, 0.4) is 0 Å². The summed E-state index contributed by atoms with van der Waals surface area (Å²) in [6.45, 7) is 33.5. The Morgan fingerprint density at radius 1 is 0.529 bits per heavy atom. The number of hydrogen-bond acceptors (Lipinski definition) is 3. The molecule has 0 bridgehead atoms. The van der Waals surface area contributed by atoms with Crippen LogP contribution < -0.4 is 25.5 Å². The molecule has 2 aliphatic carbocycles. The lowest BCUT2D eigenvalue weighted by Crippen LogP contribution is -2.60. The zero-order valence-electron chi connectivity index (χ0n) is 46.5. The van der Waals surface area contributed by atoms with Crippen LogP contribution in [0.25, 0.3) is 21.2 Å². The maximum atomic E-state index is 8.22. The molecule has 2 aliphatic heterocycles. The Labute approximate surface area is 417 Å². The third kappa shape index (κ3) is 6.92. The Balaban J connectivity index is 1.26. The molecule has 7 aromatic rings. The minimum absolute atomic E-state index is 0.0142. The first kappa shape index (κ1) is 41.9. The van der Waals surface area contributed by atoms with E-state index in [0.717, 1.165) is 23.2 Å². The summed E-state index contributed by atoms with van der Waals surface area (Å²) >= 11 is 2.02. The van der Waals surface area contributed by atoms with E-state index in [-0.39, 0.29) is 39.2 Å². The Morgan fingerprint density at radius 2 is 1.07 bits per heavy atom. The van der Waals surface area contributed by atoms with Gasteiger partial charge in [-0.2, -0.15) is 0 Å². The number of rotatable bonds is 3. The summed E-state index contributed by atoms with van der Waals surface area (Å²) < 4.78 is 27.4. The van der Waals surface area contributed by atoms with E-state index in [0.29, 0.717) is 5.56 Å². The van der Waals surface area contributed by atoms with Crippen LogP contribution in [0.5, 0.6) is 0 Å². The molecular formula is C64H73BN2S. The van der Waals surface area contributed by atoms with Crippen molar-refractivity contribution in [2.24, 2.45) is 0 Å². The summed E-state index contributed by atoms with van der Waals surface area (Å²) in [5.41, 5.74) is 22.1. The largest absolute Gasteiger partial charge is 0.311 e. The standard InChI is InChI=1S/C64H73BN2S/c1-38-17-19-40(20-18-38)44-33-41(59(3,4)5)21-25-51(44)67-52-26-22-42(60(6,7)8)34-50(52)65-56-53(31-39(2)32-54(56)67)66(43-23-24-46-47(35-43)62(11,12)28-27-61(46,9)10)57-45-36-48-49(37-55(45)68-58(57)65)64(15,16)30-29-63(48,13)14/h17-26,31-37H,27-30H2,1-16H3/i1D3. The first-order valence-electron chi connectivity index (χ1n) is 26.9. The molecule has 0 N–H and O–H groups in total. The van der Waals surface area contributed by atoms with E-state index in [2.05, 4.69) is 193 Å². The second-order valence-corrected chi connectivity index (χ2v) is 27.0. The van der Waals surface area contributed by atoms with Crippen molar-refractivity contribution in [3.63, 3.8) is 0 Å². The van der Waals surface area contributed by atoms with Gasteiger partial charge in [-0.05, 0) is 182 Å². The zero-order chi connectivity index (χ0) is 50.9. The molecule has 4 aliphatic rings. The minimum atomic E-state index is -2.19. The van der Waals surface area contributed by atoms with Gasteiger partial charge in [0.2, 0.25) is 0 Å². The van der Waals surface area contributed by atoms with E-state index in [1.54, 1.807) is 12.1 Å². The maximum Gasteiger partial charge on any atom is 0.264 e. The number of benzene rings is 6. The van der Waals surface area contributed by atoms with Crippen molar-refractivity contribution in [3.05, 3.63) is 148 Å². The van der Waals surface area contributed by atoms with Crippen LogP contribution in [0.2, 0.25) is 0 Å². The highest BCUT2D eigenvalue weighted by Gasteiger charge is 2.48. The van der Waals surface area contributed by atoms with Crippen molar-refractivity contribution in [2.75, 3.05) is 9.80 Å². The van der Waals surface area contributed by atoms with E-state index in [1.807, 2.05) is 23.5 Å². The summed E-state index contributed by atoms with van der Waals surface area (Å²) in [4.78, 5) is 5.25. The molecule has 0 amide bonds. The predicted octanol–water partition coefficient (Wildman–Crippen LogP) is 16.6. The van der Waals surface area contributed by atoms with Crippen LogP contribution in [-0.4, -0.2) is 6.71 Å². The number of hydrogen-bond donors (Lipinski definition) is 0. The molecule has 0 fully saturated rings. The van der Waals surface area contributed by atoms with Gasteiger partial charge < -0.3 is 9.80 Å². The van der Waals surface area contributed by atoms with Crippen molar-refractivity contribution in [1.82, 2.24) is 0 Å². The van der Waals surface area contributed by atoms with Gasteiger partial charge in [0.05, 0.1) is 11.4 Å². The maximum absolute atomic E-state index is 8.22. The Bertz CT molecular complexity index is 3350. The Hall–Kier alpha value is -5.06. The van der Waals surface area contributed by atoms with Crippen LogP contribution in [0.1, 0.15) is 171 Å². The van der Waals surface area contributed by atoms with Gasteiger partial charge in [0.25, 0.3) is 6.71 Å². The molecule has 0 atom stereocenters. The molecule has 0 saturated heterocycles. The quantitative estimate of drug-likeness (QED) is 0.163. The van der Waals surface area contributed by atoms with Gasteiger partial charge in [-0.25, -0.2) is 0 Å². The molecule has 2 nitrogen and oxygen atoms in total. The molecule has 0 saturated carbocycles. The molecule has 11 rings (SSSR count). The molecule has 4 heteroatoms. The highest BCUT2D eigenvalue weighted by Crippen LogP contribution is 2.55. The second kappa shape index (κ2) is 14.7. The molecule has 0 radical (unpaired) electrons. The normalized spacial score (nSPS) is 19.3. The topological polar surface area (TPSA) is 6.48 Å². The fraction of sp³-hybridized carbons (Fsp3) is 0.406. The van der Waals surface area contributed by atoms with Crippen molar-refractivity contribution < 1.29 is 4.11 Å². The Morgan fingerprint density at radius 3 is 1.68 bits per heavy atom. The van der Waals surface area contributed by atoms with Gasteiger partial charge in [-0.3, -0.25) is 0 Å². The van der Waals surface area contributed by atoms with Crippen LogP contribution in [-0.2, 0) is 32.5 Å². The van der Waals surface area contributed by atoms with Crippen LogP contribution in [0.15, 0.2) is 103 Å². The third-order valence-electron chi connectivity index (χ3n) is 17.0. The molecule has 1 aromatic heterocycles. The summed E-state index contributed by atoms with van der Waals surface area (Å²) in [5, 5.41) is 1.36. The average Bonchev–Trinajstić information content (AvgIpc) is 3.66. The summed E-state index contributed by atoms with van der Waals surface area (Å²) in [5.74, 6) is 0. The fourth-order valence-electron chi connectivity index (χ4n) is 12.5. The first-order valence-corrected chi connectivity index (χ1v) is 26.2. The highest BCUT2D eigenvalue weighted by molar-refractivity contribution is 7.33. The number of nitrogens with zero attached hydrogens (tertiary/aromatic N) is 2. The van der Waals surface area contributed by atoms with Gasteiger partial charge in [0.15, 0.2) is 0 Å². The van der Waals surface area contributed by atoms with E-state index < -0.39 is 6.85 Å². The molecule has 3 heterocycles. The number of anilines is 6. The van der Waals surface area contributed by atoms with Crippen LogP contribution >= 0.6 is 11.3 Å². The molecule has 348 valence electrons. The van der Waals surface area contributed by atoms with E-state index in [1.165, 1.54) is 112 Å². The van der Waals surface area contributed by atoms with Gasteiger partial charge in [0, 0.05) is 47.3 Å². The SMILES string of the molecule is [2H]C([2H])([2H])c1ccc(-c2cc(C(C)(C)C)ccc2N2c3ccc(C(C)(C)C)cc3B3c4sc5cc6c(cc5c4N(c4ccc5c(c4)C(C)(C)CCC5(C)C)c4cc(C)cc2c43)C(C)(C)CCC6(C)C)cc1. The third-order valence-corrected chi connectivity index (χ3v) is 18.2. The molecule has 0 unspecified atom stereocenters. The molecule has 0 spiro atoms. The van der Waals surface area contributed by atoms with Crippen molar-refractivity contribution in [3.8, 4) is 11.1 Å². The smallest absolute Gasteiger partial charge is 0.264 e. The summed E-state index contributed by atoms with van der Waals surface area (Å²) in [7, 11) is 0. The lowest BCUT2D eigenvalue weighted by molar-refractivity contribution is 0.332. The minimum Gasteiger partial charge on any atom is -0.311 e. The average molecular weight is 916 g/mol. The van der Waals surface area contributed by atoms with Crippen molar-refractivity contribution >= 4 is 78.0 Å².